The summed E-state index contributed by atoms with van der Waals surface area (Å²) in [7, 11) is 0. The summed E-state index contributed by atoms with van der Waals surface area (Å²) in [5.74, 6) is -0.0936. The number of nitrogens with one attached hydrogen (secondary N) is 2. The molecular formula is C22H22FN5. The van der Waals surface area contributed by atoms with Crippen LogP contribution in [0.25, 0.3) is 11.3 Å². The first-order chi connectivity index (χ1) is 13.4. The van der Waals surface area contributed by atoms with Crippen LogP contribution in [0.4, 0.5) is 10.2 Å². The van der Waals surface area contributed by atoms with Gasteiger partial charge in [0.2, 0.25) is 5.95 Å². The van der Waals surface area contributed by atoms with Crippen LogP contribution in [0.3, 0.4) is 0 Å². The Morgan fingerprint density at radius 3 is 2.96 bits per heavy atom. The Hall–Kier alpha value is -3.20. The lowest BCUT2D eigenvalue weighted by molar-refractivity contribution is 0.312. The van der Waals surface area contributed by atoms with Crippen LogP contribution in [-0.2, 0) is 19.4 Å². The van der Waals surface area contributed by atoms with Gasteiger partial charge in [-0.3, -0.25) is 5.10 Å². The van der Waals surface area contributed by atoms with Crippen molar-refractivity contribution in [3.05, 3.63) is 64.7 Å². The molecule has 0 atom stereocenters. The number of nitriles is 1. The van der Waals surface area contributed by atoms with E-state index in [1.807, 2.05) is 18.2 Å². The van der Waals surface area contributed by atoms with Crippen molar-refractivity contribution in [3.63, 3.8) is 0 Å². The number of anilines is 1. The number of rotatable bonds is 4. The lowest BCUT2D eigenvalue weighted by atomic mass is 9.76. The fraction of sp³-hybridized carbons (Fsp3) is 0.318. The second-order valence-electron chi connectivity index (χ2n) is 8.10. The van der Waals surface area contributed by atoms with Crippen molar-refractivity contribution in [2.45, 2.75) is 39.7 Å². The Morgan fingerprint density at radius 2 is 2.14 bits per heavy atom. The van der Waals surface area contributed by atoms with Gasteiger partial charge in [-0.15, -0.1) is 0 Å². The maximum Gasteiger partial charge on any atom is 0.215 e. The molecule has 0 spiro atoms. The summed E-state index contributed by atoms with van der Waals surface area (Å²) in [6, 6.07) is 12.7. The molecule has 0 saturated heterocycles. The molecule has 2 N–H and O–H groups in total. The predicted molar refractivity (Wildman–Crippen MR) is 106 cm³/mol. The highest BCUT2D eigenvalue weighted by Crippen LogP contribution is 2.38. The Bertz CT molecular complexity index is 1060. The predicted octanol–water partition coefficient (Wildman–Crippen LogP) is 4.61. The number of halogens is 1. The minimum absolute atomic E-state index is 0.255. The van der Waals surface area contributed by atoms with Gasteiger partial charge in [0, 0.05) is 29.4 Å². The Balaban J connectivity index is 1.58. The van der Waals surface area contributed by atoms with Gasteiger partial charge in [0.25, 0.3) is 0 Å². The summed E-state index contributed by atoms with van der Waals surface area (Å²) < 4.78 is 14.2. The topological polar surface area (TPSA) is 77.4 Å². The van der Waals surface area contributed by atoms with Gasteiger partial charge in [-0.2, -0.15) is 14.8 Å². The second kappa shape index (κ2) is 7.08. The number of hydrogen-bond donors (Lipinski definition) is 2. The first-order valence-corrected chi connectivity index (χ1v) is 9.40. The Labute approximate surface area is 163 Å². The summed E-state index contributed by atoms with van der Waals surface area (Å²) in [6.07, 6.45) is 2.96. The quantitative estimate of drug-likeness (QED) is 0.653. The van der Waals surface area contributed by atoms with E-state index in [0.29, 0.717) is 17.9 Å². The number of pyridine rings is 1. The van der Waals surface area contributed by atoms with E-state index in [2.05, 4.69) is 40.4 Å². The van der Waals surface area contributed by atoms with Crippen LogP contribution in [0.15, 0.2) is 36.4 Å². The normalized spacial score (nSPS) is 14.9. The van der Waals surface area contributed by atoms with Gasteiger partial charge >= 0.3 is 0 Å². The Kier molecular flexibility index (Phi) is 4.60. The molecule has 0 fully saturated rings. The highest BCUT2D eigenvalue weighted by Gasteiger charge is 2.29. The molecule has 28 heavy (non-hydrogen) atoms. The maximum absolute atomic E-state index is 14.2. The van der Waals surface area contributed by atoms with Crippen molar-refractivity contribution in [1.29, 1.82) is 5.26 Å². The maximum atomic E-state index is 14.2. The average Bonchev–Trinajstić information content (AvgIpc) is 3.08. The zero-order chi connectivity index (χ0) is 19.7. The summed E-state index contributed by atoms with van der Waals surface area (Å²) >= 11 is 0. The van der Waals surface area contributed by atoms with Crippen LogP contribution in [0.5, 0.6) is 0 Å². The van der Waals surface area contributed by atoms with Crippen molar-refractivity contribution >= 4 is 5.82 Å². The van der Waals surface area contributed by atoms with Gasteiger partial charge in [0.1, 0.15) is 5.82 Å². The zero-order valence-electron chi connectivity index (χ0n) is 16.0. The van der Waals surface area contributed by atoms with Crippen LogP contribution >= 0.6 is 0 Å². The number of fused-ring (bicyclic) bond motifs is 1. The monoisotopic (exact) mass is 375 g/mol. The average molecular weight is 375 g/mol. The van der Waals surface area contributed by atoms with Gasteiger partial charge in [-0.25, -0.2) is 4.98 Å². The highest BCUT2D eigenvalue weighted by atomic mass is 19.1. The van der Waals surface area contributed by atoms with Crippen LogP contribution in [0.2, 0.25) is 0 Å². The van der Waals surface area contributed by atoms with E-state index in [9.17, 15) is 4.39 Å². The van der Waals surface area contributed by atoms with Gasteiger partial charge in [0.15, 0.2) is 0 Å². The van der Waals surface area contributed by atoms with Crippen LogP contribution in [0, 0.1) is 22.7 Å². The molecule has 0 saturated carbocycles. The molecule has 1 aromatic carbocycles. The number of H-pyrrole nitrogens is 1. The molecular weight excluding hydrogens is 353 g/mol. The van der Waals surface area contributed by atoms with E-state index in [1.54, 1.807) is 12.1 Å². The van der Waals surface area contributed by atoms with E-state index in [1.165, 1.54) is 11.6 Å². The first kappa shape index (κ1) is 18.2. The minimum Gasteiger partial charge on any atom is -0.366 e. The lowest BCUT2D eigenvalue weighted by Crippen LogP contribution is -2.21. The molecule has 4 rings (SSSR count). The van der Waals surface area contributed by atoms with Crippen LogP contribution < -0.4 is 5.32 Å². The number of nitrogens with zero attached hydrogens (tertiary/aromatic N) is 3. The van der Waals surface area contributed by atoms with Crippen LogP contribution in [0.1, 0.15) is 42.7 Å². The third-order valence-corrected chi connectivity index (χ3v) is 5.26. The third kappa shape index (κ3) is 3.74. The second-order valence-corrected chi connectivity index (χ2v) is 8.10. The highest BCUT2D eigenvalue weighted by molar-refractivity contribution is 5.67. The smallest absolute Gasteiger partial charge is 0.215 e. The standard InChI is InChI=1S/C22H22FN5/c1-22(2)7-6-17-18(11-22)27-28-21(17)16-9-19(23)26-20(10-16)25-13-15-5-3-4-14(8-15)12-24/h3-5,8-10H,6-7,11,13H2,1-2H3,(H,25,26)(H,27,28). The van der Waals surface area contributed by atoms with Gasteiger partial charge in [-0.1, -0.05) is 26.0 Å². The summed E-state index contributed by atoms with van der Waals surface area (Å²) in [4.78, 5) is 3.96. The van der Waals surface area contributed by atoms with E-state index in [4.69, 9.17) is 5.26 Å². The van der Waals surface area contributed by atoms with Gasteiger partial charge < -0.3 is 5.32 Å². The third-order valence-electron chi connectivity index (χ3n) is 5.26. The van der Waals surface area contributed by atoms with Crippen molar-refractivity contribution in [1.82, 2.24) is 15.2 Å². The van der Waals surface area contributed by atoms with E-state index in [-0.39, 0.29) is 5.41 Å². The molecule has 0 radical (unpaired) electrons. The molecule has 0 aliphatic heterocycles. The molecule has 0 unspecified atom stereocenters. The fourth-order valence-corrected chi connectivity index (χ4v) is 3.75. The van der Waals surface area contributed by atoms with E-state index in [0.717, 1.165) is 41.8 Å². The van der Waals surface area contributed by atoms with E-state index < -0.39 is 5.95 Å². The van der Waals surface area contributed by atoms with Crippen molar-refractivity contribution in [2.75, 3.05) is 5.32 Å². The van der Waals surface area contributed by atoms with Crippen molar-refractivity contribution < 1.29 is 4.39 Å². The summed E-state index contributed by atoms with van der Waals surface area (Å²) in [5.41, 5.74) is 5.64. The zero-order valence-corrected chi connectivity index (χ0v) is 16.0. The molecule has 0 bridgehead atoms. The van der Waals surface area contributed by atoms with Gasteiger partial charge in [-0.05, 0) is 48.4 Å². The number of aromatic nitrogens is 3. The van der Waals surface area contributed by atoms with E-state index >= 15 is 0 Å². The Morgan fingerprint density at radius 1 is 1.29 bits per heavy atom. The molecule has 1 aliphatic carbocycles. The van der Waals surface area contributed by atoms with Crippen molar-refractivity contribution in [3.8, 4) is 17.3 Å². The molecule has 5 nitrogen and oxygen atoms in total. The molecule has 2 heterocycles. The van der Waals surface area contributed by atoms with Crippen LogP contribution in [-0.4, -0.2) is 15.2 Å². The lowest BCUT2D eigenvalue weighted by Gasteiger charge is -2.29. The molecule has 6 heteroatoms. The largest absolute Gasteiger partial charge is 0.366 e. The number of benzene rings is 1. The minimum atomic E-state index is -0.543. The summed E-state index contributed by atoms with van der Waals surface area (Å²) in [6.45, 7) is 4.97. The number of hydrogen-bond acceptors (Lipinski definition) is 4. The van der Waals surface area contributed by atoms with Crippen molar-refractivity contribution in [2.24, 2.45) is 5.41 Å². The fourth-order valence-electron chi connectivity index (χ4n) is 3.75. The molecule has 3 aromatic rings. The molecule has 1 aliphatic rings. The molecule has 2 aromatic heterocycles. The number of aromatic amines is 1. The first-order valence-electron chi connectivity index (χ1n) is 9.40. The van der Waals surface area contributed by atoms with Gasteiger partial charge in [0.05, 0.1) is 17.3 Å². The molecule has 142 valence electrons. The summed E-state index contributed by atoms with van der Waals surface area (Å²) in [5, 5.41) is 19.8. The SMILES string of the molecule is CC1(C)CCc2c(-c3cc(F)nc(NCc4cccc(C#N)c4)c3)n[nH]c2C1. The molecule has 0 amide bonds.